The highest BCUT2D eigenvalue weighted by atomic mass is 19.1. The van der Waals surface area contributed by atoms with Gasteiger partial charge in [0.2, 0.25) is 0 Å². The fraction of sp³-hybridized carbons (Fsp3) is 0.167. The average Bonchev–Trinajstić information content (AvgIpc) is 2.84. The third kappa shape index (κ3) is 2.69. The molecule has 0 saturated carbocycles. The highest BCUT2D eigenvalue weighted by Gasteiger charge is 2.08. The number of hydrogen-bond donors (Lipinski definition) is 0. The summed E-state index contributed by atoms with van der Waals surface area (Å²) in [4.78, 5) is 14.6. The highest BCUT2D eigenvalue weighted by Crippen LogP contribution is 2.20. The third-order valence-electron chi connectivity index (χ3n) is 2.28. The highest BCUT2D eigenvalue weighted by molar-refractivity contribution is 5.79. The first-order valence-electron chi connectivity index (χ1n) is 5.13. The molecule has 1 aromatic carbocycles. The van der Waals surface area contributed by atoms with E-state index in [-0.39, 0.29) is 17.9 Å². The van der Waals surface area contributed by atoms with Gasteiger partial charge < -0.3 is 9.30 Å². The predicted octanol–water partition coefficient (Wildman–Crippen LogP) is 1.91. The Balaban J connectivity index is 2.01. The molecule has 4 nitrogen and oxygen atoms in total. The van der Waals surface area contributed by atoms with E-state index in [4.69, 9.17) is 4.74 Å². The lowest BCUT2D eigenvalue weighted by atomic mass is 10.2. The van der Waals surface area contributed by atoms with Gasteiger partial charge in [-0.05, 0) is 12.1 Å². The van der Waals surface area contributed by atoms with Gasteiger partial charge in [-0.2, -0.15) is 0 Å². The molecule has 0 N–H and O–H groups in total. The minimum atomic E-state index is -0.528. The summed E-state index contributed by atoms with van der Waals surface area (Å²) in [5, 5.41) is 0. The second-order valence-electron chi connectivity index (χ2n) is 3.43. The number of imidazole rings is 1. The van der Waals surface area contributed by atoms with Crippen molar-refractivity contribution >= 4 is 6.29 Å². The van der Waals surface area contributed by atoms with Crippen molar-refractivity contribution in [1.29, 1.82) is 0 Å². The van der Waals surface area contributed by atoms with E-state index in [1.54, 1.807) is 23.3 Å². The van der Waals surface area contributed by atoms with Crippen LogP contribution in [0.4, 0.5) is 4.39 Å². The lowest BCUT2D eigenvalue weighted by Crippen LogP contribution is -2.08. The van der Waals surface area contributed by atoms with Crippen LogP contribution in [0.3, 0.4) is 0 Å². The molecule has 0 atom stereocenters. The number of carbonyl (C=O) groups excluding carboxylic acids is 1. The summed E-state index contributed by atoms with van der Waals surface area (Å²) in [6.45, 7) is 0.824. The number of aromatic nitrogens is 2. The first kappa shape index (κ1) is 11.3. The van der Waals surface area contributed by atoms with Gasteiger partial charge in [-0.25, -0.2) is 9.37 Å². The monoisotopic (exact) mass is 234 g/mol. The smallest absolute Gasteiger partial charge is 0.165 e. The maximum atomic E-state index is 13.4. The van der Waals surface area contributed by atoms with Crippen molar-refractivity contribution in [2.45, 2.75) is 6.54 Å². The van der Waals surface area contributed by atoms with E-state index in [9.17, 15) is 9.18 Å². The van der Waals surface area contributed by atoms with E-state index in [0.717, 1.165) is 0 Å². The minimum Gasteiger partial charge on any atom is -0.488 e. The standard InChI is InChI=1S/C12H11FN2O2/c13-11-3-1-2-10(8-16)12(11)17-7-6-15-5-4-14-9-15/h1-5,8-9H,6-7H2. The van der Waals surface area contributed by atoms with Crippen molar-refractivity contribution < 1.29 is 13.9 Å². The maximum absolute atomic E-state index is 13.4. The Morgan fingerprint density at radius 2 is 2.35 bits per heavy atom. The Labute approximate surface area is 97.7 Å². The number of hydrogen-bond acceptors (Lipinski definition) is 3. The molecule has 0 aliphatic carbocycles. The number of ether oxygens (including phenoxy) is 1. The molecule has 5 heteroatoms. The van der Waals surface area contributed by atoms with Gasteiger partial charge in [0.15, 0.2) is 17.9 Å². The molecule has 0 spiro atoms. The van der Waals surface area contributed by atoms with E-state index in [0.29, 0.717) is 12.8 Å². The molecule has 2 aromatic rings. The normalized spacial score (nSPS) is 10.2. The van der Waals surface area contributed by atoms with Crippen LogP contribution in [0.5, 0.6) is 5.75 Å². The number of aldehydes is 1. The molecule has 1 aromatic heterocycles. The molecule has 88 valence electrons. The number of para-hydroxylation sites is 1. The van der Waals surface area contributed by atoms with Crippen LogP contribution in [0, 0.1) is 5.82 Å². The largest absolute Gasteiger partial charge is 0.488 e. The third-order valence-corrected chi connectivity index (χ3v) is 2.28. The number of rotatable bonds is 5. The Hall–Kier alpha value is -2.17. The Morgan fingerprint density at radius 3 is 3.06 bits per heavy atom. The van der Waals surface area contributed by atoms with Gasteiger partial charge >= 0.3 is 0 Å². The maximum Gasteiger partial charge on any atom is 0.165 e. The van der Waals surface area contributed by atoms with Crippen molar-refractivity contribution in [2.24, 2.45) is 0 Å². The Kier molecular flexibility index (Phi) is 3.49. The van der Waals surface area contributed by atoms with Gasteiger partial charge in [-0.1, -0.05) is 6.07 Å². The first-order valence-corrected chi connectivity index (χ1v) is 5.13. The molecule has 0 bridgehead atoms. The molecular weight excluding hydrogens is 223 g/mol. The van der Waals surface area contributed by atoms with Crippen molar-refractivity contribution in [3.63, 3.8) is 0 Å². The number of benzene rings is 1. The van der Waals surface area contributed by atoms with Crippen LogP contribution in [0.1, 0.15) is 10.4 Å². The van der Waals surface area contributed by atoms with Gasteiger partial charge in [0, 0.05) is 12.4 Å². The zero-order valence-corrected chi connectivity index (χ0v) is 9.04. The van der Waals surface area contributed by atoms with Gasteiger partial charge in [-0.15, -0.1) is 0 Å². The van der Waals surface area contributed by atoms with Crippen LogP contribution in [-0.2, 0) is 6.54 Å². The summed E-state index contributed by atoms with van der Waals surface area (Å²) in [5.41, 5.74) is 0.218. The topological polar surface area (TPSA) is 44.1 Å². The molecule has 0 saturated heterocycles. The van der Waals surface area contributed by atoms with Crippen molar-refractivity contribution in [3.05, 3.63) is 48.3 Å². The molecule has 0 fully saturated rings. The molecule has 17 heavy (non-hydrogen) atoms. The summed E-state index contributed by atoms with van der Waals surface area (Å²) in [7, 11) is 0. The molecule has 0 aliphatic heterocycles. The average molecular weight is 234 g/mol. The van der Waals surface area contributed by atoms with Crippen molar-refractivity contribution in [1.82, 2.24) is 9.55 Å². The summed E-state index contributed by atoms with van der Waals surface area (Å²) < 4.78 is 20.5. The first-order chi connectivity index (χ1) is 8.31. The van der Waals surface area contributed by atoms with Gasteiger partial charge in [0.25, 0.3) is 0 Å². The molecule has 0 aliphatic rings. The molecule has 2 rings (SSSR count). The van der Waals surface area contributed by atoms with Crippen LogP contribution < -0.4 is 4.74 Å². The van der Waals surface area contributed by atoms with Crippen LogP contribution >= 0.6 is 0 Å². The zero-order chi connectivity index (χ0) is 12.1. The molecular formula is C12H11FN2O2. The lowest BCUT2D eigenvalue weighted by Gasteiger charge is -2.09. The summed E-state index contributed by atoms with van der Waals surface area (Å²) in [6, 6.07) is 4.25. The Bertz CT molecular complexity index is 497. The van der Waals surface area contributed by atoms with E-state index in [1.807, 2.05) is 0 Å². The molecule has 0 radical (unpaired) electrons. The summed E-state index contributed by atoms with van der Waals surface area (Å²) in [6.07, 6.45) is 5.66. The van der Waals surface area contributed by atoms with Gasteiger partial charge in [0.1, 0.15) is 6.61 Å². The number of halogens is 1. The lowest BCUT2D eigenvalue weighted by molar-refractivity contribution is 0.111. The molecule has 0 unspecified atom stereocenters. The van der Waals surface area contributed by atoms with Crippen LogP contribution in [0.25, 0.3) is 0 Å². The predicted molar refractivity (Wildman–Crippen MR) is 59.5 cm³/mol. The van der Waals surface area contributed by atoms with E-state index >= 15 is 0 Å². The minimum absolute atomic E-state index is 0.00242. The zero-order valence-electron chi connectivity index (χ0n) is 9.04. The van der Waals surface area contributed by atoms with Gasteiger partial charge in [-0.3, -0.25) is 4.79 Å². The van der Waals surface area contributed by atoms with Crippen molar-refractivity contribution in [3.8, 4) is 5.75 Å². The molecule has 1 heterocycles. The SMILES string of the molecule is O=Cc1cccc(F)c1OCCn1ccnc1. The summed E-state index contributed by atoms with van der Waals surface area (Å²) in [5.74, 6) is -0.525. The Morgan fingerprint density at radius 1 is 1.47 bits per heavy atom. The fourth-order valence-corrected chi connectivity index (χ4v) is 1.44. The quantitative estimate of drug-likeness (QED) is 0.742. The number of carbonyl (C=O) groups is 1. The van der Waals surface area contributed by atoms with Crippen LogP contribution in [0.15, 0.2) is 36.9 Å². The number of nitrogens with zero attached hydrogens (tertiary/aromatic N) is 2. The van der Waals surface area contributed by atoms with E-state index in [2.05, 4.69) is 4.98 Å². The van der Waals surface area contributed by atoms with Crippen LogP contribution in [-0.4, -0.2) is 22.4 Å². The van der Waals surface area contributed by atoms with E-state index < -0.39 is 5.82 Å². The molecule has 0 amide bonds. The second kappa shape index (κ2) is 5.25. The second-order valence-corrected chi connectivity index (χ2v) is 3.43. The summed E-state index contributed by atoms with van der Waals surface area (Å²) >= 11 is 0. The van der Waals surface area contributed by atoms with Crippen molar-refractivity contribution in [2.75, 3.05) is 6.61 Å². The van der Waals surface area contributed by atoms with Crippen LogP contribution in [0.2, 0.25) is 0 Å². The van der Waals surface area contributed by atoms with E-state index in [1.165, 1.54) is 18.2 Å². The fourth-order valence-electron chi connectivity index (χ4n) is 1.44. The van der Waals surface area contributed by atoms with Gasteiger partial charge in [0.05, 0.1) is 18.4 Å².